The van der Waals surface area contributed by atoms with Crippen LogP contribution in [0.5, 0.6) is 23.0 Å². The second-order valence-corrected chi connectivity index (χ2v) is 6.88. The zero-order valence-electron chi connectivity index (χ0n) is 18.7. The van der Waals surface area contributed by atoms with Crippen LogP contribution in [0, 0.1) is 0 Å². The molecule has 0 aliphatic rings. The monoisotopic (exact) mass is 433 g/mol. The molecule has 0 heterocycles. The van der Waals surface area contributed by atoms with Crippen molar-refractivity contribution >= 4 is 17.6 Å². The van der Waals surface area contributed by atoms with Gasteiger partial charge in [0.1, 0.15) is 5.75 Å². The van der Waals surface area contributed by atoms with E-state index in [0.29, 0.717) is 28.6 Å². The van der Waals surface area contributed by atoms with E-state index in [9.17, 15) is 4.79 Å². The smallest absolute Gasteiger partial charge is 0.252 e. The van der Waals surface area contributed by atoms with E-state index in [-0.39, 0.29) is 12.5 Å². The maximum Gasteiger partial charge on any atom is 0.252 e. The van der Waals surface area contributed by atoms with E-state index in [1.807, 2.05) is 72.8 Å². The molecule has 0 bridgehead atoms. The van der Waals surface area contributed by atoms with Gasteiger partial charge in [0.05, 0.1) is 28.4 Å². The summed E-state index contributed by atoms with van der Waals surface area (Å²) in [6.07, 6.45) is 1.83. The van der Waals surface area contributed by atoms with E-state index < -0.39 is 0 Å². The highest BCUT2D eigenvalue weighted by atomic mass is 16.5. The van der Waals surface area contributed by atoms with Crippen molar-refractivity contribution in [2.24, 2.45) is 0 Å². The number of methoxy groups -OCH3 is 4. The predicted molar refractivity (Wildman–Crippen MR) is 125 cm³/mol. The van der Waals surface area contributed by atoms with Gasteiger partial charge in [-0.25, -0.2) is 0 Å². The first-order valence-corrected chi connectivity index (χ1v) is 10.1. The number of ether oxygens (including phenoxy) is 4. The lowest BCUT2D eigenvalue weighted by atomic mass is 10.0. The summed E-state index contributed by atoms with van der Waals surface area (Å²) in [5, 5.41) is 3.00. The van der Waals surface area contributed by atoms with E-state index in [1.54, 1.807) is 28.4 Å². The van der Waals surface area contributed by atoms with Crippen molar-refractivity contribution in [2.45, 2.75) is 6.54 Å². The molecule has 0 aliphatic heterocycles. The second-order valence-electron chi connectivity index (χ2n) is 6.88. The molecule has 3 aromatic carbocycles. The Morgan fingerprint density at radius 2 is 1.38 bits per heavy atom. The van der Waals surface area contributed by atoms with Gasteiger partial charge in [-0.2, -0.15) is 0 Å². The van der Waals surface area contributed by atoms with Crippen LogP contribution < -0.4 is 24.3 Å². The summed E-state index contributed by atoms with van der Waals surface area (Å²) >= 11 is 0. The molecule has 0 fully saturated rings. The molecule has 1 amide bonds. The number of hydrogen-bond acceptors (Lipinski definition) is 5. The number of rotatable bonds is 9. The summed E-state index contributed by atoms with van der Waals surface area (Å²) in [6, 6.07) is 20.7. The van der Waals surface area contributed by atoms with E-state index in [0.717, 1.165) is 16.7 Å². The molecule has 3 aromatic rings. The maximum atomic E-state index is 13.2. The Morgan fingerprint density at radius 1 is 0.781 bits per heavy atom. The molecule has 0 unspecified atom stereocenters. The number of carbonyl (C=O) groups excluding carboxylic acids is 1. The molecule has 3 rings (SSSR count). The molecule has 6 nitrogen and oxygen atoms in total. The van der Waals surface area contributed by atoms with Crippen LogP contribution in [0.25, 0.3) is 11.6 Å². The van der Waals surface area contributed by atoms with Crippen LogP contribution in [-0.2, 0) is 11.3 Å². The lowest BCUT2D eigenvalue weighted by Gasteiger charge is -2.15. The van der Waals surface area contributed by atoms with Crippen molar-refractivity contribution in [1.29, 1.82) is 0 Å². The zero-order valence-corrected chi connectivity index (χ0v) is 18.7. The van der Waals surface area contributed by atoms with Crippen LogP contribution >= 0.6 is 0 Å². The van der Waals surface area contributed by atoms with Crippen molar-refractivity contribution in [3.63, 3.8) is 0 Å². The van der Waals surface area contributed by atoms with Gasteiger partial charge in [-0.1, -0.05) is 48.5 Å². The van der Waals surface area contributed by atoms with Gasteiger partial charge >= 0.3 is 0 Å². The fraction of sp³-hybridized carbons (Fsp3) is 0.192. The quantitative estimate of drug-likeness (QED) is 0.395. The minimum Gasteiger partial charge on any atom is -0.496 e. The van der Waals surface area contributed by atoms with Crippen molar-refractivity contribution in [3.05, 3.63) is 83.4 Å². The molecule has 0 aliphatic carbocycles. The van der Waals surface area contributed by atoms with Crippen LogP contribution in [0.3, 0.4) is 0 Å². The highest BCUT2D eigenvalue weighted by Gasteiger charge is 2.16. The van der Waals surface area contributed by atoms with Gasteiger partial charge in [0.2, 0.25) is 5.75 Å². The number of amides is 1. The van der Waals surface area contributed by atoms with E-state index in [1.165, 1.54) is 0 Å². The van der Waals surface area contributed by atoms with Crippen LogP contribution in [0.4, 0.5) is 0 Å². The van der Waals surface area contributed by atoms with E-state index >= 15 is 0 Å². The molecule has 0 saturated heterocycles. The highest BCUT2D eigenvalue weighted by Crippen LogP contribution is 2.38. The number of hydrogen-bond donors (Lipinski definition) is 1. The van der Waals surface area contributed by atoms with Crippen LogP contribution in [0.2, 0.25) is 0 Å². The Kier molecular flexibility index (Phi) is 7.75. The standard InChI is InChI=1S/C26H27NO5/c1-29-22-13-9-8-12-20(22)16-21(19-10-6-5-7-11-19)26(28)27-17-18-14-23(30-2)25(32-4)24(15-18)31-3/h5-16H,17H2,1-4H3,(H,27,28)/b21-16+. The summed E-state index contributed by atoms with van der Waals surface area (Å²) in [5.41, 5.74) is 2.97. The van der Waals surface area contributed by atoms with Gasteiger partial charge in [0, 0.05) is 17.7 Å². The Bertz CT molecular complexity index is 1070. The molecular weight excluding hydrogens is 406 g/mol. The molecule has 0 spiro atoms. The summed E-state index contributed by atoms with van der Waals surface area (Å²) in [4.78, 5) is 13.2. The highest BCUT2D eigenvalue weighted by molar-refractivity contribution is 6.24. The third-order valence-electron chi connectivity index (χ3n) is 4.95. The first-order valence-electron chi connectivity index (χ1n) is 10.1. The van der Waals surface area contributed by atoms with Gasteiger partial charge in [0.25, 0.3) is 5.91 Å². The molecule has 0 radical (unpaired) electrons. The second kappa shape index (κ2) is 10.9. The minimum atomic E-state index is -0.212. The number of benzene rings is 3. The van der Waals surface area contributed by atoms with Gasteiger partial charge in [-0.3, -0.25) is 4.79 Å². The molecule has 6 heteroatoms. The van der Waals surface area contributed by atoms with Crippen LogP contribution in [0.15, 0.2) is 66.7 Å². The fourth-order valence-electron chi connectivity index (χ4n) is 3.35. The largest absolute Gasteiger partial charge is 0.496 e. The maximum absolute atomic E-state index is 13.2. The average molecular weight is 434 g/mol. The number of para-hydroxylation sites is 1. The molecule has 0 atom stereocenters. The Balaban J connectivity index is 1.91. The normalized spacial score (nSPS) is 10.9. The summed E-state index contributed by atoms with van der Waals surface area (Å²) in [7, 11) is 6.28. The zero-order chi connectivity index (χ0) is 22.9. The Labute approximate surface area is 188 Å². The molecule has 0 aromatic heterocycles. The summed E-state index contributed by atoms with van der Waals surface area (Å²) in [5.74, 6) is 2.05. The lowest BCUT2D eigenvalue weighted by molar-refractivity contribution is -0.115. The van der Waals surface area contributed by atoms with Crippen LogP contribution in [0.1, 0.15) is 16.7 Å². The topological polar surface area (TPSA) is 66.0 Å². The van der Waals surface area contributed by atoms with Crippen molar-refractivity contribution in [1.82, 2.24) is 5.32 Å². The van der Waals surface area contributed by atoms with E-state index in [4.69, 9.17) is 18.9 Å². The molecular formula is C26H27NO5. The molecule has 0 saturated carbocycles. The predicted octanol–water partition coefficient (Wildman–Crippen LogP) is 4.58. The van der Waals surface area contributed by atoms with Crippen molar-refractivity contribution < 1.29 is 23.7 Å². The minimum absolute atomic E-state index is 0.212. The van der Waals surface area contributed by atoms with Gasteiger partial charge in [-0.15, -0.1) is 0 Å². The Morgan fingerprint density at radius 3 is 1.97 bits per heavy atom. The Hall–Kier alpha value is -3.93. The van der Waals surface area contributed by atoms with E-state index in [2.05, 4.69) is 5.32 Å². The third-order valence-corrected chi connectivity index (χ3v) is 4.95. The van der Waals surface area contributed by atoms with Gasteiger partial charge in [-0.05, 0) is 35.4 Å². The SMILES string of the molecule is COc1ccccc1/C=C(/C(=O)NCc1cc(OC)c(OC)c(OC)c1)c1ccccc1. The number of carbonyl (C=O) groups is 1. The summed E-state index contributed by atoms with van der Waals surface area (Å²) < 4.78 is 21.6. The number of nitrogens with one attached hydrogen (secondary N) is 1. The summed E-state index contributed by atoms with van der Waals surface area (Å²) in [6.45, 7) is 0.283. The van der Waals surface area contributed by atoms with Crippen molar-refractivity contribution in [2.75, 3.05) is 28.4 Å². The average Bonchev–Trinajstić information content (AvgIpc) is 2.85. The molecule has 166 valence electrons. The molecule has 32 heavy (non-hydrogen) atoms. The fourth-order valence-corrected chi connectivity index (χ4v) is 3.35. The van der Waals surface area contributed by atoms with Crippen molar-refractivity contribution in [3.8, 4) is 23.0 Å². The lowest BCUT2D eigenvalue weighted by Crippen LogP contribution is -2.24. The first kappa shape index (κ1) is 22.7. The van der Waals surface area contributed by atoms with Gasteiger partial charge in [0.15, 0.2) is 11.5 Å². The van der Waals surface area contributed by atoms with Crippen LogP contribution in [-0.4, -0.2) is 34.3 Å². The van der Waals surface area contributed by atoms with Gasteiger partial charge < -0.3 is 24.3 Å². The molecule has 1 N–H and O–H groups in total. The third kappa shape index (κ3) is 5.21. The first-order chi connectivity index (χ1) is 15.6.